The highest BCUT2D eigenvalue weighted by atomic mass is 16.4. The first-order valence-electron chi connectivity index (χ1n) is 17.2. The van der Waals surface area contributed by atoms with Crippen molar-refractivity contribution in [2.45, 2.75) is 88.7 Å². The topological polar surface area (TPSA) is 188 Å². The molecule has 2 fully saturated rings. The number of piperidine rings is 1. The minimum Gasteiger partial charge on any atom is -0.427 e. The lowest BCUT2D eigenvalue weighted by atomic mass is 9.68. The minimum atomic E-state index is -1.50. The minimum absolute atomic E-state index is 0.0331. The average molecular weight is 662 g/mol. The molecular weight excluding hydrogens is 609 g/mol. The highest BCUT2D eigenvalue weighted by Crippen LogP contribution is 2.65. The van der Waals surface area contributed by atoms with Crippen LogP contribution in [0.1, 0.15) is 63.5 Å². The molecule has 3 amide bonds. The van der Waals surface area contributed by atoms with E-state index >= 15 is 0 Å². The molecule has 260 valence electrons. The molecule has 48 heavy (non-hydrogen) atoms. The van der Waals surface area contributed by atoms with Gasteiger partial charge < -0.3 is 37.0 Å². The highest BCUT2D eigenvalue weighted by Gasteiger charge is 2.67. The molecular formula is C36H52BN5O6. The van der Waals surface area contributed by atoms with Gasteiger partial charge in [0, 0.05) is 30.7 Å². The zero-order valence-corrected chi connectivity index (χ0v) is 28.2. The monoisotopic (exact) mass is 661 g/mol. The largest absolute Gasteiger partial charge is 0.460 e. The van der Waals surface area contributed by atoms with Crippen LogP contribution in [0.4, 0.5) is 0 Å². The van der Waals surface area contributed by atoms with Crippen LogP contribution in [-0.4, -0.2) is 83.3 Å². The molecule has 1 aliphatic carbocycles. The zero-order valence-electron chi connectivity index (χ0n) is 28.2. The number of rotatable bonds is 19. The molecule has 8 N–H and O–H groups in total. The van der Waals surface area contributed by atoms with Gasteiger partial charge >= 0.3 is 7.12 Å². The molecule has 0 radical (unpaired) electrons. The number of nitrogens with one attached hydrogen (secondary N) is 2. The molecule has 2 aromatic rings. The van der Waals surface area contributed by atoms with Gasteiger partial charge in [0.2, 0.25) is 17.7 Å². The molecule has 2 unspecified atom stereocenters. The maximum absolute atomic E-state index is 14.0. The van der Waals surface area contributed by atoms with Gasteiger partial charge in [0.05, 0.1) is 12.1 Å². The third kappa shape index (κ3) is 9.98. The summed E-state index contributed by atoms with van der Waals surface area (Å²) in [6, 6.07) is 16.2. The summed E-state index contributed by atoms with van der Waals surface area (Å²) in [4.78, 5) is 56.4. The standard InChI is InChI=1S/C36H52BN5O6/c1-24(2)17-27(33(44)40-30(15-9-10-16-38)35(46)42-22-28-21-36(28,23-42)37(47)48)20-32(43)31(19-26-13-7-4-8-14-26)41-34(45)29(39)18-25-11-5-3-6-12-25/h3-8,11-14,24,27-31,47-48H,9-10,15-23,38-39H2,1-2H3,(H,40,44)(H,41,45)/t27-,28?,29+,30+,31+,36?/m0/s1. The maximum atomic E-state index is 14.0. The number of hydrogen-bond acceptors (Lipinski definition) is 8. The summed E-state index contributed by atoms with van der Waals surface area (Å²) in [7, 11) is -1.50. The fourth-order valence-corrected chi connectivity index (χ4v) is 6.92. The molecule has 2 aliphatic rings. The first-order valence-corrected chi connectivity index (χ1v) is 17.2. The summed E-state index contributed by atoms with van der Waals surface area (Å²) in [6.45, 7) is 5.04. The van der Waals surface area contributed by atoms with Crippen LogP contribution >= 0.6 is 0 Å². The number of unbranched alkanes of at least 4 members (excludes halogenated alkanes) is 1. The third-order valence-corrected chi connectivity index (χ3v) is 9.79. The number of benzene rings is 2. The molecule has 11 nitrogen and oxygen atoms in total. The first kappa shape index (κ1) is 37.2. The van der Waals surface area contributed by atoms with Crippen molar-refractivity contribution >= 4 is 30.6 Å². The molecule has 1 heterocycles. The highest BCUT2D eigenvalue weighted by molar-refractivity contribution is 6.47. The van der Waals surface area contributed by atoms with Crippen LogP contribution in [0.5, 0.6) is 0 Å². The molecule has 0 aromatic heterocycles. The number of hydrogen-bond donors (Lipinski definition) is 6. The van der Waals surface area contributed by atoms with Gasteiger partial charge in [-0.15, -0.1) is 0 Å². The van der Waals surface area contributed by atoms with E-state index in [1.807, 2.05) is 74.5 Å². The Labute approximate surface area is 284 Å². The Bertz CT molecular complexity index is 1380. The number of carbonyl (C=O) groups is 4. The van der Waals surface area contributed by atoms with Crippen LogP contribution in [0.3, 0.4) is 0 Å². The van der Waals surface area contributed by atoms with E-state index in [0.717, 1.165) is 11.1 Å². The summed E-state index contributed by atoms with van der Waals surface area (Å²) in [5.74, 6) is -2.00. The van der Waals surface area contributed by atoms with E-state index in [-0.39, 0.29) is 42.9 Å². The quantitative estimate of drug-likeness (QED) is 0.0967. The van der Waals surface area contributed by atoms with Crippen LogP contribution < -0.4 is 22.1 Å². The second-order valence-corrected chi connectivity index (χ2v) is 14.1. The van der Waals surface area contributed by atoms with E-state index in [1.54, 1.807) is 4.90 Å². The van der Waals surface area contributed by atoms with Crippen LogP contribution in [-0.2, 0) is 32.0 Å². The van der Waals surface area contributed by atoms with Crippen molar-refractivity contribution < 1.29 is 29.2 Å². The van der Waals surface area contributed by atoms with Crippen molar-refractivity contribution in [3.05, 3.63) is 71.8 Å². The average Bonchev–Trinajstić information content (AvgIpc) is 3.64. The van der Waals surface area contributed by atoms with Gasteiger partial charge in [-0.1, -0.05) is 74.5 Å². The molecule has 0 bridgehead atoms. The smallest absolute Gasteiger partial charge is 0.427 e. The second-order valence-electron chi connectivity index (χ2n) is 14.1. The number of amides is 3. The number of ketones is 1. The predicted octanol–water partition coefficient (Wildman–Crippen LogP) is 1.59. The Morgan fingerprint density at radius 1 is 0.917 bits per heavy atom. The Balaban J connectivity index is 1.47. The lowest BCUT2D eigenvalue weighted by molar-refractivity contribution is -0.138. The van der Waals surface area contributed by atoms with E-state index in [2.05, 4.69) is 10.6 Å². The normalized spacial score (nSPS) is 20.7. The van der Waals surface area contributed by atoms with Crippen molar-refractivity contribution in [2.75, 3.05) is 19.6 Å². The van der Waals surface area contributed by atoms with Gasteiger partial charge in [-0.25, -0.2) is 0 Å². The lowest BCUT2D eigenvalue weighted by Gasteiger charge is -2.29. The molecule has 4 rings (SSSR count). The van der Waals surface area contributed by atoms with Crippen molar-refractivity contribution in [3.8, 4) is 0 Å². The zero-order chi connectivity index (χ0) is 34.8. The Morgan fingerprint density at radius 2 is 1.52 bits per heavy atom. The van der Waals surface area contributed by atoms with Gasteiger partial charge in [-0.05, 0) is 74.5 Å². The summed E-state index contributed by atoms with van der Waals surface area (Å²) in [5.41, 5.74) is 13.7. The number of likely N-dealkylation sites (tertiary alicyclic amines) is 1. The van der Waals surface area contributed by atoms with E-state index in [4.69, 9.17) is 11.5 Å². The number of carbonyl (C=O) groups excluding carboxylic acids is 4. The molecule has 0 spiro atoms. The van der Waals surface area contributed by atoms with E-state index < -0.39 is 48.3 Å². The number of nitrogens with zero attached hydrogens (tertiary/aromatic N) is 1. The van der Waals surface area contributed by atoms with Crippen molar-refractivity contribution in [1.82, 2.24) is 15.5 Å². The van der Waals surface area contributed by atoms with Gasteiger partial charge in [-0.3, -0.25) is 19.2 Å². The van der Waals surface area contributed by atoms with E-state index in [1.165, 1.54) is 0 Å². The van der Waals surface area contributed by atoms with Crippen LogP contribution in [0, 0.1) is 17.8 Å². The number of fused-ring (bicyclic) bond motifs is 1. The summed E-state index contributed by atoms with van der Waals surface area (Å²) in [5, 5.41) is 25.0. The first-order chi connectivity index (χ1) is 22.9. The summed E-state index contributed by atoms with van der Waals surface area (Å²) in [6.07, 6.45) is 3.20. The van der Waals surface area contributed by atoms with E-state index in [9.17, 15) is 29.2 Å². The molecule has 12 heteroatoms. The lowest BCUT2D eigenvalue weighted by Crippen LogP contribution is -2.52. The Kier molecular flexibility index (Phi) is 13.3. The van der Waals surface area contributed by atoms with Gasteiger partial charge in [-0.2, -0.15) is 0 Å². The predicted molar refractivity (Wildman–Crippen MR) is 185 cm³/mol. The third-order valence-electron chi connectivity index (χ3n) is 9.79. The molecule has 1 saturated carbocycles. The van der Waals surface area contributed by atoms with Gasteiger partial charge in [0.1, 0.15) is 6.04 Å². The van der Waals surface area contributed by atoms with Crippen molar-refractivity contribution in [2.24, 2.45) is 29.2 Å². The number of Topliss-reactive ketones (excluding diaryl/α,β-unsaturated/α-hetero) is 1. The second kappa shape index (κ2) is 17.2. The van der Waals surface area contributed by atoms with Gasteiger partial charge in [0.25, 0.3) is 0 Å². The SMILES string of the molecule is CC(C)C[C@@H](CC(=O)[C@@H](Cc1ccccc1)NC(=O)[C@H](N)Cc1ccccc1)C(=O)N[C@H](CCCCN)C(=O)N1CC2CC2(B(O)O)C1. The van der Waals surface area contributed by atoms with E-state index in [0.29, 0.717) is 51.6 Å². The van der Waals surface area contributed by atoms with Crippen molar-refractivity contribution in [1.29, 1.82) is 0 Å². The molecule has 6 atom stereocenters. The fourth-order valence-electron chi connectivity index (χ4n) is 6.92. The summed E-state index contributed by atoms with van der Waals surface area (Å²) < 4.78 is 0. The summed E-state index contributed by atoms with van der Waals surface area (Å²) >= 11 is 0. The van der Waals surface area contributed by atoms with Crippen LogP contribution in [0.2, 0.25) is 5.31 Å². The van der Waals surface area contributed by atoms with Crippen LogP contribution in [0.15, 0.2) is 60.7 Å². The molecule has 1 saturated heterocycles. The molecule has 2 aromatic carbocycles. The molecule has 1 aliphatic heterocycles. The number of nitrogens with two attached hydrogens (primary N) is 2. The Morgan fingerprint density at radius 3 is 2.08 bits per heavy atom. The fraction of sp³-hybridized carbons (Fsp3) is 0.556. The maximum Gasteiger partial charge on any atom is 0.460 e. The van der Waals surface area contributed by atoms with Gasteiger partial charge in [0.15, 0.2) is 5.78 Å². The Hall–Kier alpha value is -3.58. The van der Waals surface area contributed by atoms with Crippen LogP contribution in [0.25, 0.3) is 0 Å². The van der Waals surface area contributed by atoms with Crippen molar-refractivity contribution in [3.63, 3.8) is 0 Å².